The molecule has 7 heteroatoms. The van der Waals surface area contributed by atoms with E-state index in [0.717, 1.165) is 43.3 Å². The summed E-state index contributed by atoms with van der Waals surface area (Å²) in [7, 11) is 1.81. The molecule has 0 saturated carbocycles. The van der Waals surface area contributed by atoms with E-state index < -0.39 is 0 Å². The lowest BCUT2D eigenvalue weighted by Gasteiger charge is -2.25. The SMILES string of the molecule is CN=C(NCCCc1c(C)noc1C)NCC(C)(C)c1cccs1.I. The van der Waals surface area contributed by atoms with E-state index in [2.05, 4.69) is 52.1 Å². The highest BCUT2D eigenvalue weighted by Gasteiger charge is 2.21. The van der Waals surface area contributed by atoms with Crippen molar-refractivity contribution in [2.75, 3.05) is 20.1 Å². The minimum absolute atomic E-state index is 0. The van der Waals surface area contributed by atoms with Crippen molar-refractivity contribution in [2.45, 2.75) is 46.0 Å². The Morgan fingerprint density at radius 3 is 2.64 bits per heavy atom. The Morgan fingerprint density at radius 1 is 1.32 bits per heavy atom. The van der Waals surface area contributed by atoms with Crippen molar-refractivity contribution in [1.82, 2.24) is 15.8 Å². The van der Waals surface area contributed by atoms with E-state index in [9.17, 15) is 0 Å². The van der Waals surface area contributed by atoms with Crippen molar-refractivity contribution in [2.24, 2.45) is 4.99 Å². The predicted molar refractivity (Wildman–Crippen MR) is 116 cm³/mol. The number of aryl methyl sites for hydroxylation is 2. The van der Waals surface area contributed by atoms with Gasteiger partial charge in [0.15, 0.2) is 5.96 Å². The Morgan fingerprint density at radius 2 is 2.08 bits per heavy atom. The second kappa shape index (κ2) is 10.2. The molecular formula is C18H29IN4OS. The van der Waals surface area contributed by atoms with Crippen LogP contribution in [0.15, 0.2) is 27.0 Å². The van der Waals surface area contributed by atoms with Gasteiger partial charge in [-0.15, -0.1) is 35.3 Å². The van der Waals surface area contributed by atoms with Crippen LogP contribution < -0.4 is 10.6 Å². The number of hydrogen-bond donors (Lipinski definition) is 2. The Labute approximate surface area is 171 Å². The standard InChI is InChI=1S/C18H28N4OS.HI/c1-13-15(14(2)23-22-13)8-6-10-20-17(19-5)21-12-18(3,4)16-9-7-11-24-16;/h7,9,11H,6,8,10,12H2,1-5H3,(H2,19,20,21);1H. The largest absolute Gasteiger partial charge is 0.361 e. The summed E-state index contributed by atoms with van der Waals surface area (Å²) in [4.78, 5) is 5.69. The molecule has 0 saturated heterocycles. The lowest BCUT2D eigenvalue weighted by Crippen LogP contribution is -2.43. The first-order valence-corrected chi connectivity index (χ1v) is 9.22. The molecule has 0 amide bonds. The molecular weight excluding hydrogens is 447 g/mol. The summed E-state index contributed by atoms with van der Waals surface area (Å²) in [5.74, 6) is 1.77. The number of thiophene rings is 1. The Hall–Kier alpha value is -1.09. The van der Waals surface area contributed by atoms with Gasteiger partial charge in [-0.2, -0.15) is 0 Å². The molecule has 0 aromatic carbocycles. The fourth-order valence-electron chi connectivity index (χ4n) is 2.61. The summed E-state index contributed by atoms with van der Waals surface area (Å²) < 4.78 is 5.20. The molecule has 2 rings (SSSR count). The van der Waals surface area contributed by atoms with Crippen LogP contribution in [0.25, 0.3) is 0 Å². The lowest BCUT2D eigenvalue weighted by molar-refractivity contribution is 0.392. The fourth-order valence-corrected chi connectivity index (χ4v) is 3.46. The first-order chi connectivity index (χ1) is 11.4. The number of aromatic nitrogens is 1. The van der Waals surface area contributed by atoms with Crippen molar-refractivity contribution in [3.63, 3.8) is 0 Å². The van der Waals surface area contributed by atoms with Crippen LogP contribution in [0.4, 0.5) is 0 Å². The molecule has 2 heterocycles. The Kier molecular flexibility index (Phi) is 8.92. The minimum atomic E-state index is 0. The third-order valence-corrected chi connectivity index (χ3v) is 5.42. The summed E-state index contributed by atoms with van der Waals surface area (Å²) in [6.07, 6.45) is 1.98. The molecule has 0 spiro atoms. The molecule has 2 N–H and O–H groups in total. The normalized spacial score (nSPS) is 12.0. The Bertz CT molecular complexity index is 645. The molecule has 0 fully saturated rings. The van der Waals surface area contributed by atoms with Gasteiger partial charge in [-0.3, -0.25) is 4.99 Å². The molecule has 0 bridgehead atoms. The average Bonchev–Trinajstić information content (AvgIpc) is 3.19. The van der Waals surface area contributed by atoms with Gasteiger partial charge in [-0.25, -0.2) is 0 Å². The van der Waals surface area contributed by atoms with Crippen LogP contribution in [0.1, 0.15) is 42.2 Å². The zero-order valence-electron chi connectivity index (χ0n) is 15.7. The van der Waals surface area contributed by atoms with Crippen LogP contribution in [-0.2, 0) is 11.8 Å². The maximum atomic E-state index is 5.20. The topological polar surface area (TPSA) is 62.5 Å². The van der Waals surface area contributed by atoms with Crippen molar-refractivity contribution in [1.29, 1.82) is 0 Å². The van der Waals surface area contributed by atoms with Crippen LogP contribution >= 0.6 is 35.3 Å². The minimum Gasteiger partial charge on any atom is -0.361 e. The van der Waals surface area contributed by atoms with Crippen molar-refractivity contribution in [3.8, 4) is 0 Å². The van der Waals surface area contributed by atoms with Gasteiger partial charge in [0.05, 0.1) is 5.69 Å². The summed E-state index contributed by atoms with van der Waals surface area (Å²) in [5.41, 5.74) is 2.30. The van der Waals surface area contributed by atoms with Crippen LogP contribution in [0, 0.1) is 13.8 Å². The molecule has 0 atom stereocenters. The summed E-state index contributed by atoms with van der Waals surface area (Å²) >= 11 is 1.80. The van der Waals surface area contributed by atoms with E-state index in [-0.39, 0.29) is 29.4 Å². The predicted octanol–water partition coefficient (Wildman–Crippen LogP) is 4.05. The lowest BCUT2D eigenvalue weighted by atomic mass is 9.91. The maximum Gasteiger partial charge on any atom is 0.191 e. The van der Waals surface area contributed by atoms with Crippen LogP contribution in [0.5, 0.6) is 0 Å². The third kappa shape index (κ3) is 6.29. The van der Waals surface area contributed by atoms with E-state index in [1.165, 1.54) is 10.4 Å². The van der Waals surface area contributed by atoms with Crippen molar-refractivity contribution in [3.05, 3.63) is 39.4 Å². The van der Waals surface area contributed by atoms with Gasteiger partial charge in [-0.1, -0.05) is 25.1 Å². The highest BCUT2D eigenvalue weighted by Crippen LogP contribution is 2.26. The highest BCUT2D eigenvalue weighted by molar-refractivity contribution is 14.0. The van der Waals surface area contributed by atoms with Gasteiger partial charge in [0.2, 0.25) is 0 Å². The highest BCUT2D eigenvalue weighted by atomic mass is 127. The summed E-state index contributed by atoms with van der Waals surface area (Å²) in [5, 5.41) is 12.9. The second-order valence-electron chi connectivity index (χ2n) is 6.62. The molecule has 140 valence electrons. The van der Waals surface area contributed by atoms with E-state index in [0.29, 0.717) is 0 Å². The van der Waals surface area contributed by atoms with Crippen molar-refractivity contribution < 1.29 is 4.52 Å². The number of aliphatic imine (C=N–C) groups is 1. The quantitative estimate of drug-likeness (QED) is 0.274. The molecule has 2 aromatic rings. The number of nitrogens with one attached hydrogen (secondary N) is 2. The summed E-state index contributed by atoms with van der Waals surface area (Å²) in [6, 6.07) is 4.29. The van der Waals surface area contributed by atoms with E-state index in [1.807, 2.05) is 20.9 Å². The second-order valence-corrected chi connectivity index (χ2v) is 7.57. The van der Waals surface area contributed by atoms with Crippen molar-refractivity contribution >= 4 is 41.3 Å². The summed E-state index contributed by atoms with van der Waals surface area (Å²) in [6.45, 7) is 10.2. The van der Waals surface area contributed by atoms with Gasteiger partial charge in [0.25, 0.3) is 0 Å². The number of halogens is 1. The number of nitrogens with zero attached hydrogens (tertiary/aromatic N) is 2. The molecule has 0 aliphatic rings. The smallest absolute Gasteiger partial charge is 0.191 e. The molecule has 5 nitrogen and oxygen atoms in total. The van der Waals surface area contributed by atoms with Gasteiger partial charge in [0, 0.05) is 36.0 Å². The monoisotopic (exact) mass is 476 g/mol. The molecule has 0 aliphatic heterocycles. The van der Waals surface area contributed by atoms with Crippen LogP contribution in [0.3, 0.4) is 0 Å². The number of rotatable bonds is 7. The molecule has 25 heavy (non-hydrogen) atoms. The first-order valence-electron chi connectivity index (χ1n) is 8.34. The van der Waals surface area contributed by atoms with E-state index in [1.54, 1.807) is 11.3 Å². The zero-order valence-corrected chi connectivity index (χ0v) is 18.8. The van der Waals surface area contributed by atoms with Gasteiger partial charge < -0.3 is 15.2 Å². The molecule has 0 unspecified atom stereocenters. The van der Waals surface area contributed by atoms with Crippen LogP contribution in [-0.4, -0.2) is 31.3 Å². The Balaban J connectivity index is 0.00000312. The number of guanidine groups is 1. The van der Waals surface area contributed by atoms with E-state index >= 15 is 0 Å². The van der Waals surface area contributed by atoms with E-state index in [4.69, 9.17) is 4.52 Å². The average molecular weight is 476 g/mol. The van der Waals surface area contributed by atoms with Crippen LogP contribution in [0.2, 0.25) is 0 Å². The molecule has 0 aliphatic carbocycles. The van der Waals surface area contributed by atoms with Gasteiger partial charge in [-0.05, 0) is 38.1 Å². The molecule has 2 aromatic heterocycles. The number of hydrogen-bond acceptors (Lipinski definition) is 4. The third-order valence-electron chi connectivity index (χ3n) is 4.19. The first kappa shape index (κ1) is 22.0. The van der Waals surface area contributed by atoms with Gasteiger partial charge in [0.1, 0.15) is 5.76 Å². The maximum absolute atomic E-state index is 5.20. The fraction of sp³-hybridized carbons (Fsp3) is 0.556. The van der Waals surface area contributed by atoms with Gasteiger partial charge >= 0.3 is 0 Å². The molecule has 0 radical (unpaired) electrons. The zero-order chi connectivity index (χ0) is 17.6.